The van der Waals surface area contributed by atoms with Gasteiger partial charge in [-0.2, -0.15) is 5.10 Å². The van der Waals surface area contributed by atoms with Gasteiger partial charge in [0.05, 0.1) is 12.5 Å². The zero-order valence-electron chi connectivity index (χ0n) is 15.7. The summed E-state index contributed by atoms with van der Waals surface area (Å²) in [5.41, 5.74) is 3.10. The highest BCUT2D eigenvalue weighted by atomic mass is 79.9. The molecular formula is C22H17BrN2O5. The van der Waals surface area contributed by atoms with Crippen LogP contribution in [-0.4, -0.2) is 24.7 Å². The monoisotopic (exact) mass is 468 g/mol. The molecule has 1 N–H and O–H groups in total. The Hall–Kier alpha value is -3.65. The van der Waals surface area contributed by atoms with Crippen molar-refractivity contribution in [1.29, 1.82) is 0 Å². The Morgan fingerprint density at radius 3 is 2.63 bits per heavy atom. The van der Waals surface area contributed by atoms with E-state index in [9.17, 15) is 9.59 Å². The Morgan fingerprint density at radius 1 is 1.07 bits per heavy atom. The number of hydrogen-bond donors (Lipinski definition) is 1. The van der Waals surface area contributed by atoms with E-state index in [2.05, 4.69) is 26.5 Å². The molecular weight excluding hydrogens is 452 g/mol. The lowest BCUT2D eigenvalue weighted by molar-refractivity contribution is -0.129. The molecule has 0 aliphatic carbocycles. The van der Waals surface area contributed by atoms with Crippen LogP contribution < -0.4 is 14.9 Å². The van der Waals surface area contributed by atoms with Gasteiger partial charge in [0.1, 0.15) is 17.3 Å². The van der Waals surface area contributed by atoms with Crippen molar-refractivity contribution in [2.45, 2.75) is 0 Å². The van der Waals surface area contributed by atoms with Crippen LogP contribution in [0.25, 0.3) is 6.08 Å². The predicted molar refractivity (Wildman–Crippen MR) is 115 cm³/mol. The lowest BCUT2D eigenvalue weighted by atomic mass is 10.2. The SMILES string of the molecule is O=C(COc1cccc(Br)c1)N/N=C\c1ccc(OC(=O)/C=C/c2ccco2)cc1. The van der Waals surface area contributed by atoms with Crippen LogP contribution in [0.2, 0.25) is 0 Å². The lowest BCUT2D eigenvalue weighted by Crippen LogP contribution is -2.24. The molecule has 152 valence electrons. The standard InChI is InChI=1S/C22H17BrN2O5/c23-17-3-1-4-20(13-17)29-15-21(26)25-24-14-16-6-8-19(9-7-16)30-22(27)11-10-18-5-2-12-28-18/h1-14H,15H2,(H,25,26)/b11-10+,24-14-. The quantitative estimate of drug-likeness (QED) is 0.176. The number of esters is 1. The van der Waals surface area contributed by atoms with E-state index in [-0.39, 0.29) is 12.5 Å². The van der Waals surface area contributed by atoms with Crippen LogP contribution in [-0.2, 0) is 9.59 Å². The number of ether oxygens (including phenoxy) is 2. The molecule has 1 aromatic heterocycles. The number of hydrogen-bond acceptors (Lipinski definition) is 6. The van der Waals surface area contributed by atoms with Crippen molar-refractivity contribution >= 4 is 40.1 Å². The molecule has 8 heteroatoms. The summed E-state index contributed by atoms with van der Waals surface area (Å²) in [7, 11) is 0. The van der Waals surface area contributed by atoms with Crippen LogP contribution in [0.3, 0.4) is 0 Å². The van der Waals surface area contributed by atoms with Crippen molar-refractivity contribution in [2.75, 3.05) is 6.61 Å². The first-order valence-electron chi connectivity index (χ1n) is 8.82. The summed E-state index contributed by atoms with van der Waals surface area (Å²) in [5.74, 6) is 0.605. The largest absolute Gasteiger partial charge is 0.484 e. The number of furan rings is 1. The molecule has 2 aromatic carbocycles. The van der Waals surface area contributed by atoms with Gasteiger partial charge in [-0.1, -0.05) is 22.0 Å². The molecule has 1 amide bonds. The number of nitrogens with one attached hydrogen (secondary N) is 1. The van der Waals surface area contributed by atoms with Gasteiger partial charge in [0.2, 0.25) is 0 Å². The molecule has 3 aromatic rings. The normalized spacial score (nSPS) is 11.0. The topological polar surface area (TPSA) is 90.1 Å². The fourth-order valence-electron chi connectivity index (χ4n) is 2.23. The van der Waals surface area contributed by atoms with Gasteiger partial charge in [0.25, 0.3) is 5.91 Å². The summed E-state index contributed by atoms with van der Waals surface area (Å²) in [6.45, 7) is -0.159. The van der Waals surface area contributed by atoms with E-state index in [1.54, 1.807) is 48.5 Å². The highest BCUT2D eigenvalue weighted by Crippen LogP contribution is 2.17. The number of nitrogens with zero attached hydrogens (tertiary/aromatic N) is 1. The van der Waals surface area contributed by atoms with Gasteiger partial charge in [0, 0.05) is 10.5 Å². The van der Waals surface area contributed by atoms with E-state index in [1.807, 2.05) is 12.1 Å². The molecule has 30 heavy (non-hydrogen) atoms. The van der Waals surface area contributed by atoms with Gasteiger partial charge < -0.3 is 13.9 Å². The highest BCUT2D eigenvalue weighted by Gasteiger charge is 2.03. The van der Waals surface area contributed by atoms with E-state index in [4.69, 9.17) is 13.9 Å². The zero-order valence-corrected chi connectivity index (χ0v) is 17.2. The Kier molecular flexibility index (Phi) is 7.57. The smallest absolute Gasteiger partial charge is 0.336 e. The van der Waals surface area contributed by atoms with Gasteiger partial charge in [0.15, 0.2) is 6.61 Å². The highest BCUT2D eigenvalue weighted by molar-refractivity contribution is 9.10. The minimum Gasteiger partial charge on any atom is -0.484 e. The maximum atomic E-state index is 11.8. The molecule has 0 saturated carbocycles. The first kappa shape index (κ1) is 21.1. The minimum atomic E-state index is -0.523. The van der Waals surface area contributed by atoms with Crippen molar-refractivity contribution in [2.24, 2.45) is 5.10 Å². The van der Waals surface area contributed by atoms with Crippen LogP contribution in [0.5, 0.6) is 11.5 Å². The Bertz CT molecular complexity index is 1040. The van der Waals surface area contributed by atoms with Crippen LogP contribution >= 0.6 is 15.9 Å². The first-order chi connectivity index (χ1) is 14.6. The lowest BCUT2D eigenvalue weighted by Gasteiger charge is -2.05. The fourth-order valence-corrected chi connectivity index (χ4v) is 2.60. The maximum absolute atomic E-state index is 11.8. The summed E-state index contributed by atoms with van der Waals surface area (Å²) in [5, 5.41) is 3.88. The van der Waals surface area contributed by atoms with Crippen molar-refractivity contribution in [3.05, 3.63) is 88.8 Å². The van der Waals surface area contributed by atoms with Crippen LogP contribution in [0.4, 0.5) is 0 Å². The van der Waals surface area contributed by atoms with E-state index in [0.717, 1.165) is 4.47 Å². The molecule has 0 aliphatic heterocycles. The van der Waals surface area contributed by atoms with Gasteiger partial charge in [-0.15, -0.1) is 0 Å². The molecule has 0 aliphatic rings. The molecule has 0 radical (unpaired) electrons. The van der Waals surface area contributed by atoms with Crippen LogP contribution in [0.1, 0.15) is 11.3 Å². The fraction of sp³-hybridized carbons (Fsp3) is 0.0455. The Balaban J connectivity index is 1.42. The van der Waals surface area contributed by atoms with Crippen molar-refractivity contribution in [1.82, 2.24) is 5.43 Å². The van der Waals surface area contributed by atoms with Gasteiger partial charge in [-0.3, -0.25) is 4.79 Å². The average molecular weight is 469 g/mol. The summed E-state index contributed by atoms with van der Waals surface area (Å²) >= 11 is 3.33. The number of rotatable bonds is 8. The second kappa shape index (κ2) is 10.8. The number of carbonyl (C=O) groups is 2. The molecule has 0 bridgehead atoms. The summed E-state index contributed by atoms with van der Waals surface area (Å²) in [6.07, 6.45) is 5.79. The van der Waals surface area contributed by atoms with Crippen molar-refractivity contribution in [3.8, 4) is 11.5 Å². The number of benzene rings is 2. The predicted octanol–water partition coefficient (Wildman–Crippen LogP) is 4.19. The molecule has 0 saturated heterocycles. The zero-order chi connectivity index (χ0) is 21.2. The van der Waals surface area contributed by atoms with E-state index >= 15 is 0 Å². The number of amides is 1. The number of carbonyl (C=O) groups excluding carboxylic acids is 2. The third kappa shape index (κ3) is 7.06. The van der Waals surface area contributed by atoms with E-state index < -0.39 is 5.97 Å². The van der Waals surface area contributed by atoms with Gasteiger partial charge in [-0.05, 0) is 66.2 Å². The Morgan fingerprint density at radius 2 is 1.90 bits per heavy atom. The van der Waals surface area contributed by atoms with Crippen LogP contribution in [0, 0.1) is 0 Å². The summed E-state index contributed by atoms with van der Waals surface area (Å²) in [4.78, 5) is 23.6. The maximum Gasteiger partial charge on any atom is 0.336 e. The number of hydrazone groups is 1. The Labute approximate surface area is 181 Å². The van der Waals surface area contributed by atoms with Crippen molar-refractivity contribution in [3.63, 3.8) is 0 Å². The van der Waals surface area contributed by atoms with Gasteiger partial charge in [-0.25, -0.2) is 10.2 Å². The molecule has 1 heterocycles. The second-order valence-corrected chi connectivity index (χ2v) is 6.79. The minimum absolute atomic E-state index is 0.159. The van der Waals surface area contributed by atoms with E-state index in [1.165, 1.54) is 24.6 Å². The van der Waals surface area contributed by atoms with Gasteiger partial charge >= 0.3 is 5.97 Å². The molecule has 7 nitrogen and oxygen atoms in total. The molecule has 0 fully saturated rings. The molecule has 0 spiro atoms. The number of halogens is 1. The molecule has 3 rings (SSSR count). The summed E-state index contributed by atoms with van der Waals surface area (Å²) in [6, 6.07) is 17.3. The third-order valence-electron chi connectivity index (χ3n) is 3.59. The van der Waals surface area contributed by atoms with Crippen LogP contribution in [0.15, 0.2) is 87.0 Å². The average Bonchev–Trinajstić information content (AvgIpc) is 3.26. The summed E-state index contributed by atoms with van der Waals surface area (Å²) < 4.78 is 16.5. The molecule has 0 atom stereocenters. The third-order valence-corrected chi connectivity index (χ3v) is 4.09. The van der Waals surface area contributed by atoms with Crippen molar-refractivity contribution < 1.29 is 23.5 Å². The van der Waals surface area contributed by atoms with E-state index in [0.29, 0.717) is 22.8 Å². The first-order valence-corrected chi connectivity index (χ1v) is 9.61. The second-order valence-electron chi connectivity index (χ2n) is 5.88. The molecule has 0 unspecified atom stereocenters.